The summed E-state index contributed by atoms with van der Waals surface area (Å²) in [6.45, 7) is 7.93. The minimum atomic E-state index is 0.695. The van der Waals surface area contributed by atoms with E-state index in [9.17, 15) is 0 Å². The first-order valence-electron chi connectivity index (χ1n) is 17.3. The highest BCUT2D eigenvalue weighted by molar-refractivity contribution is 5.61. The van der Waals surface area contributed by atoms with Gasteiger partial charge >= 0.3 is 0 Å². The Bertz CT molecular complexity index is 2190. The first kappa shape index (κ1) is 36.7. The van der Waals surface area contributed by atoms with E-state index >= 15 is 0 Å². The Morgan fingerprint density at radius 3 is 0.667 bits per heavy atom. The monoisotopic (exact) mass is 712 g/mol. The maximum absolute atomic E-state index is 4.48. The van der Waals surface area contributed by atoms with Gasteiger partial charge < -0.3 is 10.6 Å². The Balaban J connectivity index is 1.03. The molecule has 2 N–H and O–H groups in total. The van der Waals surface area contributed by atoms with Gasteiger partial charge in [-0.05, 0) is 171 Å². The smallest absolute Gasteiger partial charge is 0.0890 e. The number of benzene rings is 6. The molecule has 0 aromatic heterocycles. The fourth-order valence-electron chi connectivity index (χ4n) is 5.13. The average Bonchev–Trinajstić information content (AvgIpc) is 3.20. The Labute approximate surface area is 314 Å². The number of hydrogen-bond donors (Lipinski definition) is 2. The van der Waals surface area contributed by atoms with E-state index in [-0.39, 0.29) is 0 Å². The molecule has 0 aliphatic rings. The van der Waals surface area contributed by atoms with Crippen LogP contribution in [0.25, 0.3) is 0 Å². The van der Waals surface area contributed by atoms with Crippen LogP contribution in [0.5, 0.6) is 0 Å². The third kappa shape index (κ3) is 9.82. The van der Waals surface area contributed by atoms with Crippen molar-refractivity contribution >= 4 is 68.2 Å². The number of nitrogens with zero attached hydrogens (tertiary/aromatic N) is 10. The van der Waals surface area contributed by atoms with Gasteiger partial charge in [-0.1, -0.05) is 0 Å². The molecule has 6 aromatic carbocycles. The minimum absolute atomic E-state index is 0.695. The summed E-state index contributed by atoms with van der Waals surface area (Å²) >= 11 is 0. The molecular formula is C42H40N12. The van der Waals surface area contributed by atoms with Crippen LogP contribution in [0.2, 0.25) is 0 Å². The van der Waals surface area contributed by atoms with Gasteiger partial charge in [0.2, 0.25) is 0 Å². The summed E-state index contributed by atoms with van der Waals surface area (Å²) in [7, 11) is 3.76. The molecule has 12 heteroatoms. The van der Waals surface area contributed by atoms with Gasteiger partial charge in [-0.3, -0.25) is 0 Å². The summed E-state index contributed by atoms with van der Waals surface area (Å²) in [4.78, 5) is 0. The summed E-state index contributed by atoms with van der Waals surface area (Å²) in [5.41, 5.74) is 13.3. The molecule has 0 bridgehead atoms. The first-order chi connectivity index (χ1) is 26.3. The molecule has 0 spiro atoms. The van der Waals surface area contributed by atoms with Crippen molar-refractivity contribution in [2.45, 2.75) is 27.7 Å². The lowest BCUT2D eigenvalue weighted by Gasteiger charge is -2.05. The largest absolute Gasteiger partial charge is 0.388 e. The molecule has 0 fully saturated rings. The van der Waals surface area contributed by atoms with Gasteiger partial charge in [0.1, 0.15) is 0 Å². The molecule has 0 radical (unpaired) electrons. The predicted molar refractivity (Wildman–Crippen MR) is 218 cm³/mol. The Kier molecular flexibility index (Phi) is 11.8. The summed E-state index contributed by atoms with van der Waals surface area (Å²) < 4.78 is 0. The van der Waals surface area contributed by atoms with Crippen LogP contribution in [0.3, 0.4) is 0 Å². The van der Waals surface area contributed by atoms with E-state index in [4.69, 9.17) is 0 Å². The Morgan fingerprint density at radius 1 is 0.278 bits per heavy atom. The highest BCUT2D eigenvalue weighted by Gasteiger charge is 2.06. The van der Waals surface area contributed by atoms with Gasteiger partial charge in [0, 0.05) is 25.5 Å². The molecule has 0 amide bonds. The number of azo groups is 5. The van der Waals surface area contributed by atoms with Gasteiger partial charge in [-0.15, -0.1) is 0 Å². The van der Waals surface area contributed by atoms with Crippen LogP contribution < -0.4 is 10.6 Å². The van der Waals surface area contributed by atoms with E-state index in [1.54, 1.807) is 0 Å². The zero-order valence-electron chi connectivity index (χ0n) is 31.0. The lowest BCUT2D eigenvalue weighted by Crippen LogP contribution is -1.85. The van der Waals surface area contributed by atoms with E-state index in [1.165, 1.54) is 0 Å². The van der Waals surface area contributed by atoms with Gasteiger partial charge in [-0.25, -0.2) is 0 Å². The summed E-state index contributed by atoms with van der Waals surface area (Å²) in [5, 5.41) is 50.4. The molecule has 6 aromatic rings. The summed E-state index contributed by atoms with van der Waals surface area (Å²) in [5.74, 6) is 0. The predicted octanol–water partition coefficient (Wildman–Crippen LogP) is 15.1. The fourth-order valence-corrected chi connectivity index (χ4v) is 5.13. The fraction of sp³-hybridized carbons (Fsp3) is 0.143. The third-order valence-electron chi connectivity index (χ3n) is 8.41. The van der Waals surface area contributed by atoms with Crippen molar-refractivity contribution in [1.29, 1.82) is 0 Å². The van der Waals surface area contributed by atoms with E-state index in [0.29, 0.717) is 22.7 Å². The first-order valence-corrected chi connectivity index (χ1v) is 17.3. The maximum Gasteiger partial charge on any atom is 0.0890 e. The molecule has 268 valence electrons. The molecule has 0 saturated carbocycles. The van der Waals surface area contributed by atoms with Crippen LogP contribution in [0.1, 0.15) is 22.3 Å². The maximum atomic E-state index is 4.48. The van der Waals surface area contributed by atoms with Crippen molar-refractivity contribution in [3.05, 3.63) is 144 Å². The molecule has 0 aliphatic heterocycles. The van der Waals surface area contributed by atoms with Gasteiger partial charge in [0.15, 0.2) is 0 Å². The average molecular weight is 713 g/mol. The van der Waals surface area contributed by atoms with Crippen LogP contribution in [0.4, 0.5) is 68.2 Å². The second kappa shape index (κ2) is 17.4. The minimum Gasteiger partial charge on any atom is -0.388 e. The second-order valence-electron chi connectivity index (χ2n) is 12.5. The second-order valence-corrected chi connectivity index (χ2v) is 12.5. The van der Waals surface area contributed by atoms with Crippen LogP contribution in [0.15, 0.2) is 172 Å². The van der Waals surface area contributed by atoms with Crippen LogP contribution >= 0.6 is 0 Å². The molecule has 12 nitrogen and oxygen atoms in total. The van der Waals surface area contributed by atoms with E-state index in [0.717, 1.165) is 67.8 Å². The highest BCUT2D eigenvalue weighted by atomic mass is 15.1. The van der Waals surface area contributed by atoms with Crippen LogP contribution in [0, 0.1) is 27.7 Å². The zero-order valence-corrected chi connectivity index (χ0v) is 31.0. The molecule has 0 heterocycles. The van der Waals surface area contributed by atoms with Crippen LogP contribution in [-0.2, 0) is 0 Å². The van der Waals surface area contributed by atoms with E-state index < -0.39 is 0 Å². The number of rotatable bonds is 12. The standard InChI is InChI=1S/C42H40N12/c1-27-25-41(29(3)23-39(27)51-47-35-11-7-31(43-5)8-12-35)53-49-37-19-15-33(16-20-37)45-46-34-17-21-38(22-18-34)50-54-42-26-28(2)40(24-30(42)4)52-48-36-13-9-32(44-6)10-14-36/h7-26,43-44H,1-6H3. The van der Waals surface area contributed by atoms with E-state index in [1.807, 2.05) is 163 Å². The van der Waals surface area contributed by atoms with Crippen molar-refractivity contribution in [3.63, 3.8) is 0 Å². The zero-order chi connectivity index (χ0) is 37.9. The molecule has 6 rings (SSSR count). The molecule has 54 heavy (non-hydrogen) atoms. The Morgan fingerprint density at radius 2 is 0.463 bits per heavy atom. The van der Waals surface area contributed by atoms with Gasteiger partial charge in [0.25, 0.3) is 0 Å². The topological polar surface area (TPSA) is 148 Å². The molecule has 0 aliphatic carbocycles. The van der Waals surface area contributed by atoms with Crippen molar-refractivity contribution < 1.29 is 0 Å². The third-order valence-corrected chi connectivity index (χ3v) is 8.41. The SMILES string of the molecule is CNc1ccc(N=Nc2cc(C)c(N=Nc3ccc(N=Nc4ccc(N=Nc5cc(C)c(N=Nc6ccc(NC)cc6)cc5C)cc4)cc3)cc2C)cc1. The molecule has 0 saturated heterocycles. The lowest BCUT2D eigenvalue weighted by molar-refractivity contribution is 1.17. The number of anilines is 2. The van der Waals surface area contributed by atoms with Gasteiger partial charge in [0.05, 0.1) is 56.9 Å². The van der Waals surface area contributed by atoms with E-state index in [2.05, 4.69) is 61.8 Å². The van der Waals surface area contributed by atoms with Crippen molar-refractivity contribution in [1.82, 2.24) is 0 Å². The number of nitrogens with one attached hydrogen (secondary N) is 2. The lowest BCUT2D eigenvalue weighted by atomic mass is 10.1. The van der Waals surface area contributed by atoms with Crippen LogP contribution in [-0.4, -0.2) is 14.1 Å². The highest BCUT2D eigenvalue weighted by Crippen LogP contribution is 2.33. The number of hydrogen-bond acceptors (Lipinski definition) is 12. The van der Waals surface area contributed by atoms with Crippen molar-refractivity contribution in [2.75, 3.05) is 24.7 Å². The van der Waals surface area contributed by atoms with Gasteiger partial charge in [-0.2, -0.15) is 51.1 Å². The molecule has 0 unspecified atom stereocenters. The van der Waals surface area contributed by atoms with Crippen molar-refractivity contribution in [3.8, 4) is 0 Å². The Hall–Kier alpha value is -7.08. The molecule has 0 atom stereocenters. The number of aryl methyl sites for hydroxylation is 4. The summed E-state index contributed by atoms with van der Waals surface area (Å²) in [6.07, 6.45) is 0. The van der Waals surface area contributed by atoms with Crippen molar-refractivity contribution in [2.24, 2.45) is 51.1 Å². The molecular weight excluding hydrogens is 673 g/mol. The summed E-state index contributed by atoms with van der Waals surface area (Å²) in [6, 6.07) is 38.2. The quantitative estimate of drug-likeness (QED) is 0.122. The normalized spacial score (nSPS) is 11.9.